The van der Waals surface area contributed by atoms with Crippen LogP contribution in [0.5, 0.6) is 5.75 Å². The fourth-order valence-corrected chi connectivity index (χ4v) is 6.43. The van der Waals surface area contributed by atoms with Crippen molar-refractivity contribution in [1.82, 2.24) is 0 Å². The van der Waals surface area contributed by atoms with Crippen LogP contribution in [0.25, 0.3) is 0 Å². The summed E-state index contributed by atoms with van der Waals surface area (Å²) < 4.78 is 17.9. The van der Waals surface area contributed by atoms with Crippen LogP contribution in [0.2, 0.25) is 0 Å². The molecule has 1 saturated carbocycles. The van der Waals surface area contributed by atoms with Crippen molar-refractivity contribution in [2.24, 2.45) is 17.3 Å². The number of fused-ring (bicyclic) bond motifs is 6. The van der Waals surface area contributed by atoms with Gasteiger partial charge in [-0.1, -0.05) is 19.1 Å². The van der Waals surface area contributed by atoms with E-state index >= 15 is 0 Å². The van der Waals surface area contributed by atoms with E-state index in [1.54, 1.807) is 12.7 Å². The van der Waals surface area contributed by atoms with Gasteiger partial charge in [-0.3, -0.25) is 0 Å². The SMILES string of the molecule is CC[C@]12CC[C@@H]3c4ccc(OC)cc4CC[C@H]3[C@@H]1C=CC21OCCO1. The molecule has 0 amide bonds. The fourth-order valence-electron chi connectivity index (χ4n) is 6.43. The zero-order valence-electron chi connectivity index (χ0n) is 15.3. The van der Waals surface area contributed by atoms with Gasteiger partial charge in [0.25, 0.3) is 0 Å². The Bertz CT molecular complexity index is 703. The van der Waals surface area contributed by atoms with Gasteiger partial charge in [-0.2, -0.15) is 0 Å². The second-order valence-corrected chi connectivity index (χ2v) is 8.17. The molecule has 1 heterocycles. The van der Waals surface area contributed by atoms with Crippen molar-refractivity contribution >= 4 is 0 Å². The number of allylic oxidation sites excluding steroid dienone is 1. The molecular weight excluding hydrogens is 312 g/mol. The molecule has 1 aromatic carbocycles. The number of hydrogen-bond acceptors (Lipinski definition) is 3. The van der Waals surface area contributed by atoms with Gasteiger partial charge >= 0.3 is 0 Å². The third-order valence-corrected chi connectivity index (χ3v) is 7.58. The molecule has 1 aromatic rings. The molecule has 0 aromatic heterocycles. The van der Waals surface area contributed by atoms with Crippen LogP contribution in [-0.4, -0.2) is 26.1 Å². The molecule has 0 N–H and O–H groups in total. The molecular formula is C22H28O3. The molecule has 1 saturated heterocycles. The van der Waals surface area contributed by atoms with Crippen LogP contribution in [0.15, 0.2) is 30.4 Å². The van der Waals surface area contributed by atoms with Crippen LogP contribution in [0.4, 0.5) is 0 Å². The van der Waals surface area contributed by atoms with Gasteiger partial charge in [0.1, 0.15) is 5.75 Å². The zero-order valence-corrected chi connectivity index (χ0v) is 15.3. The lowest BCUT2D eigenvalue weighted by molar-refractivity contribution is -0.224. The van der Waals surface area contributed by atoms with Gasteiger partial charge in [0.2, 0.25) is 0 Å². The molecule has 4 atom stereocenters. The lowest BCUT2D eigenvalue weighted by atomic mass is 9.53. The number of rotatable bonds is 2. The highest BCUT2D eigenvalue weighted by atomic mass is 16.7. The summed E-state index contributed by atoms with van der Waals surface area (Å²) in [6.07, 6.45) is 10.7. The maximum atomic E-state index is 6.22. The maximum Gasteiger partial charge on any atom is 0.194 e. The number of benzene rings is 1. The van der Waals surface area contributed by atoms with E-state index in [4.69, 9.17) is 14.2 Å². The van der Waals surface area contributed by atoms with E-state index in [9.17, 15) is 0 Å². The molecule has 134 valence electrons. The smallest absolute Gasteiger partial charge is 0.194 e. The molecule has 1 spiro atoms. The molecule has 3 nitrogen and oxygen atoms in total. The van der Waals surface area contributed by atoms with Crippen LogP contribution in [-0.2, 0) is 15.9 Å². The predicted octanol–water partition coefficient (Wildman–Crippen LogP) is 4.46. The molecule has 5 rings (SSSR count). The maximum absolute atomic E-state index is 6.22. The Morgan fingerprint density at radius 3 is 2.80 bits per heavy atom. The van der Waals surface area contributed by atoms with Crippen LogP contribution in [0, 0.1) is 17.3 Å². The average molecular weight is 340 g/mol. The minimum atomic E-state index is -0.447. The van der Waals surface area contributed by atoms with E-state index in [1.807, 2.05) is 0 Å². The first-order chi connectivity index (χ1) is 12.2. The zero-order chi connectivity index (χ0) is 17.1. The van der Waals surface area contributed by atoms with E-state index in [2.05, 4.69) is 37.3 Å². The van der Waals surface area contributed by atoms with Gasteiger partial charge in [-0.05, 0) is 79.2 Å². The third kappa shape index (κ3) is 2.00. The topological polar surface area (TPSA) is 27.7 Å². The molecule has 25 heavy (non-hydrogen) atoms. The number of hydrogen-bond donors (Lipinski definition) is 0. The molecule has 0 unspecified atom stereocenters. The van der Waals surface area contributed by atoms with Crippen molar-refractivity contribution in [3.8, 4) is 5.75 Å². The molecule has 0 bridgehead atoms. The Labute approximate surface area is 150 Å². The van der Waals surface area contributed by atoms with Crippen molar-refractivity contribution in [3.05, 3.63) is 41.5 Å². The van der Waals surface area contributed by atoms with Crippen LogP contribution < -0.4 is 4.74 Å². The average Bonchev–Trinajstić information content (AvgIpc) is 3.27. The monoisotopic (exact) mass is 340 g/mol. The van der Waals surface area contributed by atoms with Gasteiger partial charge in [0.15, 0.2) is 5.79 Å². The van der Waals surface area contributed by atoms with Gasteiger partial charge in [0, 0.05) is 5.41 Å². The van der Waals surface area contributed by atoms with Gasteiger partial charge < -0.3 is 14.2 Å². The Morgan fingerprint density at radius 1 is 1.20 bits per heavy atom. The molecule has 0 radical (unpaired) electrons. The van der Waals surface area contributed by atoms with E-state index in [0.717, 1.165) is 31.8 Å². The van der Waals surface area contributed by atoms with E-state index in [0.29, 0.717) is 17.8 Å². The summed E-state index contributed by atoms with van der Waals surface area (Å²) in [5.41, 5.74) is 3.19. The number of aryl methyl sites for hydroxylation is 1. The minimum absolute atomic E-state index is 0.134. The lowest BCUT2D eigenvalue weighted by Gasteiger charge is -2.54. The minimum Gasteiger partial charge on any atom is -0.497 e. The predicted molar refractivity (Wildman–Crippen MR) is 96.8 cm³/mol. The summed E-state index contributed by atoms with van der Waals surface area (Å²) in [7, 11) is 1.76. The highest BCUT2D eigenvalue weighted by Gasteiger charge is 2.64. The first kappa shape index (κ1) is 15.9. The Kier molecular flexibility index (Phi) is 3.55. The Morgan fingerprint density at radius 2 is 2.04 bits per heavy atom. The van der Waals surface area contributed by atoms with Crippen LogP contribution in [0.3, 0.4) is 0 Å². The summed E-state index contributed by atoms with van der Waals surface area (Å²) in [5.74, 6) is 2.49. The fraction of sp³-hybridized carbons (Fsp3) is 0.636. The molecule has 1 aliphatic heterocycles. The first-order valence-corrected chi connectivity index (χ1v) is 9.87. The highest BCUT2D eigenvalue weighted by Crippen LogP contribution is 2.65. The second-order valence-electron chi connectivity index (χ2n) is 8.17. The van der Waals surface area contributed by atoms with Gasteiger partial charge in [-0.25, -0.2) is 0 Å². The lowest BCUT2D eigenvalue weighted by Crippen LogP contribution is -2.53. The number of ether oxygens (including phenoxy) is 3. The second kappa shape index (κ2) is 5.59. The molecule has 3 aliphatic carbocycles. The summed E-state index contributed by atoms with van der Waals surface area (Å²) in [6.45, 7) is 3.79. The van der Waals surface area contributed by atoms with Crippen molar-refractivity contribution in [2.75, 3.05) is 20.3 Å². The van der Waals surface area contributed by atoms with Crippen molar-refractivity contribution in [3.63, 3.8) is 0 Å². The van der Waals surface area contributed by atoms with E-state index in [1.165, 1.54) is 24.8 Å². The standard InChI is InChI=1S/C22H28O3/c1-3-21-10-8-18-17-7-5-16(23-2)14-15(17)4-6-19(18)20(21)9-11-22(21)24-12-13-25-22/h5,7,9,11,14,18-20H,3-4,6,8,10,12-13H2,1-2H3/t18-,19-,20+,21+/m1/s1. The summed E-state index contributed by atoms with van der Waals surface area (Å²) >= 11 is 0. The first-order valence-electron chi connectivity index (χ1n) is 9.87. The summed E-state index contributed by atoms with van der Waals surface area (Å²) in [4.78, 5) is 0. The molecule has 3 heteroatoms. The quantitative estimate of drug-likeness (QED) is 0.744. The van der Waals surface area contributed by atoms with Crippen LogP contribution >= 0.6 is 0 Å². The highest BCUT2D eigenvalue weighted by molar-refractivity contribution is 5.41. The normalized spacial score (nSPS) is 37.6. The number of methoxy groups -OCH3 is 1. The van der Waals surface area contributed by atoms with E-state index < -0.39 is 5.79 Å². The largest absolute Gasteiger partial charge is 0.497 e. The Hall–Kier alpha value is -1.32. The third-order valence-electron chi connectivity index (χ3n) is 7.58. The van der Waals surface area contributed by atoms with Gasteiger partial charge in [0.05, 0.1) is 20.3 Å². The van der Waals surface area contributed by atoms with Crippen LogP contribution in [0.1, 0.15) is 49.7 Å². The molecule has 4 aliphatic rings. The van der Waals surface area contributed by atoms with Crippen molar-refractivity contribution in [2.45, 2.75) is 50.7 Å². The van der Waals surface area contributed by atoms with Gasteiger partial charge in [-0.15, -0.1) is 0 Å². The molecule has 2 fully saturated rings. The van der Waals surface area contributed by atoms with E-state index in [-0.39, 0.29) is 5.41 Å². The Balaban J connectivity index is 1.52. The summed E-state index contributed by atoms with van der Waals surface area (Å²) in [5, 5.41) is 0. The summed E-state index contributed by atoms with van der Waals surface area (Å²) in [6, 6.07) is 6.71. The van der Waals surface area contributed by atoms with Crippen molar-refractivity contribution in [1.29, 1.82) is 0 Å². The van der Waals surface area contributed by atoms with Crippen molar-refractivity contribution < 1.29 is 14.2 Å².